The van der Waals surface area contributed by atoms with Crippen LogP contribution in [0.25, 0.3) is 6.08 Å². The van der Waals surface area contributed by atoms with E-state index in [2.05, 4.69) is 5.32 Å². The van der Waals surface area contributed by atoms with E-state index in [0.717, 1.165) is 16.0 Å². The molecule has 0 spiro atoms. The van der Waals surface area contributed by atoms with E-state index >= 15 is 0 Å². The lowest BCUT2D eigenvalue weighted by atomic mass is 9.77. The maximum absolute atomic E-state index is 12.3. The summed E-state index contributed by atoms with van der Waals surface area (Å²) in [5.74, 6) is -0.974. The van der Waals surface area contributed by atoms with Crippen LogP contribution in [0.1, 0.15) is 53.4 Å². The molecule has 1 aliphatic heterocycles. The Morgan fingerprint density at radius 3 is 2.34 bits per heavy atom. The zero-order valence-electron chi connectivity index (χ0n) is 18.9. The normalized spacial score (nSPS) is 17.3. The number of benzene rings is 1. The van der Waals surface area contributed by atoms with Gasteiger partial charge in [-0.1, -0.05) is 30.3 Å². The number of carboxylic acid groups (broad SMARTS) is 1. The van der Waals surface area contributed by atoms with Crippen LogP contribution in [0, 0.1) is 6.92 Å². The Bertz CT molecular complexity index is 999. The zero-order chi connectivity index (χ0) is 23.5. The molecule has 1 aromatic heterocycles. The molecule has 1 fully saturated rings. The Hall–Kier alpha value is -2.62. The number of amides is 1. The third kappa shape index (κ3) is 5.59. The lowest BCUT2D eigenvalue weighted by molar-refractivity contribution is 0.00578. The Labute approximate surface area is 192 Å². The summed E-state index contributed by atoms with van der Waals surface area (Å²) < 4.78 is 17.6. The first-order valence-electron chi connectivity index (χ1n) is 10.3. The minimum Gasteiger partial charge on any atom is -0.477 e. The number of carboxylic acids is 1. The monoisotopic (exact) mass is 457 g/mol. The molecule has 1 saturated heterocycles. The molecule has 170 valence electrons. The van der Waals surface area contributed by atoms with Crippen LogP contribution in [0.15, 0.2) is 41.9 Å². The minimum absolute atomic E-state index is 0.129. The Balaban J connectivity index is 1.77. The van der Waals surface area contributed by atoms with Gasteiger partial charge >= 0.3 is 19.2 Å². The first-order chi connectivity index (χ1) is 15.0. The number of aromatic carboxylic acids is 1. The van der Waals surface area contributed by atoms with Crippen LogP contribution in [0.3, 0.4) is 0 Å². The van der Waals surface area contributed by atoms with Gasteiger partial charge < -0.3 is 24.5 Å². The molecular formula is C23H28BNO6S. The maximum Gasteiger partial charge on any atom is 0.492 e. The van der Waals surface area contributed by atoms with E-state index in [0.29, 0.717) is 5.47 Å². The molecule has 1 aromatic carbocycles. The van der Waals surface area contributed by atoms with Crippen molar-refractivity contribution in [2.45, 2.75) is 52.4 Å². The number of hydrogen-bond donors (Lipinski definition) is 2. The summed E-state index contributed by atoms with van der Waals surface area (Å²) in [4.78, 5) is 24.7. The van der Waals surface area contributed by atoms with Crippen molar-refractivity contribution in [3.63, 3.8) is 0 Å². The number of rotatable bonds is 7. The molecule has 32 heavy (non-hydrogen) atoms. The van der Waals surface area contributed by atoms with Gasteiger partial charge in [0.2, 0.25) is 0 Å². The number of carbonyl (C=O) groups excluding carboxylic acids is 1. The molecule has 3 rings (SSSR count). The number of carbonyl (C=O) groups is 2. The van der Waals surface area contributed by atoms with Crippen LogP contribution in [0.2, 0.25) is 0 Å². The molecule has 7 nitrogen and oxygen atoms in total. The molecule has 0 radical (unpaired) electrons. The van der Waals surface area contributed by atoms with Crippen molar-refractivity contribution >= 4 is 36.6 Å². The molecule has 0 aliphatic carbocycles. The van der Waals surface area contributed by atoms with E-state index in [1.807, 2.05) is 71.0 Å². The van der Waals surface area contributed by atoms with Gasteiger partial charge in [-0.15, -0.1) is 11.3 Å². The average molecular weight is 457 g/mol. The molecule has 2 heterocycles. The van der Waals surface area contributed by atoms with E-state index in [4.69, 9.17) is 14.0 Å². The molecule has 0 bridgehead atoms. The van der Waals surface area contributed by atoms with Gasteiger partial charge in [-0.25, -0.2) is 9.59 Å². The molecule has 1 aliphatic rings. The number of aryl methyl sites for hydroxylation is 1. The highest BCUT2D eigenvalue weighted by atomic mass is 32.1. The van der Waals surface area contributed by atoms with Crippen molar-refractivity contribution in [1.29, 1.82) is 0 Å². The van der Waals surface area contributed by atoms with E-state index in [9.17, 15) is 14.7 Å². The van der Waals surface area contributed by atoms with Gasteiger partial charge in [0.25, 0.3) is 0 Å². The predicted molar refractivity (Wildman–Crippen MR) is 125 cm³/mol. The van der Waals surface area contributed by atoms with Gasteiger partial charge in [0.05, 0.1) is 11.2 Å². The smallest absolute Gasteiger partial charge is 0.477 e. The van der Waals surface area contributed by atoms with Crippen LogP contribution in [0.5, 0.6) is 0 Å². The van der Waals surface area contributed by atoms with Crippen LogP contribution in [-0.2, 0) is 20.7 Å². The number of ether oxygens (including phenoxy) is 1. The lowest BCUT2D eigenvalue weighted by Gasteiger charge is -2.32. The van der Waals surface area contributed by atoms with Gasteiger partial charge in [0, 0.05) is 11.4 Å². The van der Waals surface area contributed by atoms with Gasteiger partial charge in [0.1, 0.15) is 11.5 Å². The Kier molecular flexibility index (Phi) is 7.12. The van der Waals surface area contributed by atoms with E-state index in [-0.39, 0.29) is 18.0 Å². The molecule has 1 amide bonds. The maximum atomic E-state index is 12.3. The summed E-state index contributed by atoms with van der Waals surface area (Å²) >= 11 is 1.17. The van der Waals surface area contributed by atoms with E-state index in [1.165, 1.54) is 11.3 Å². The van der Waals surface area contributed by atoms with E-state index < -0.39 is 30.4 Å². The number of nitrogens with one attached hydrogen (secondary N) is 1. The molecule has 2 aromatic rings. The van der Waals surface area contributed by atoms with Gasteiger partial charge in [-0.3, -0.25) is 0 Å². The second-order valence-corrected chi connectivity index (χ2v) is 9.77. The third-order valence-corrected chi connectivity index (χ3v) is 6.86. The molecule has 2 N–H and O–H groups in total. The highest BCUT2D eigenvalue weighted by molar-refractivity contribution is 7.15. The Morgan fingerprint density at radius 1 is 1.16 bits per heavy atom. The van der Waals surface area contributed by atoms with Crippen molar-refractivity contribution in [2.75, 3.05) is 6.54 Å². The number of thiophene rings is 1. The van der Waals surface area contributed by atoms with Gasteiger partial charge in [-0.2, -0.15) is 0 Å². The summed E-state index contributed by atoms with van der Waals surface area (Å²) in [6, 6.07) is 11.0. The molecule has 9 heteroatoms. The van der Waals surface area contributed by atoms with Crippen LogP contribution in [-0.4, -0.2) is 42.0 Å². The van der Waals surface area contributed by atoms with E-state index in [1.54, 1.807) is 6.07 Å². The van der Waals surface area contributed by atoms with Gasteiger partial charge in [0.15, 0.2) is 0 Å². The topological polar surface area (TPSA) is 94.1 Å². The second-order valence-electron chi connectivity index (χ2n) is 8.69. The quantitative estimate of drug-likeness (QED) is 0.586. The summed E-state index contributed by atoms with van der Waals surface area (Å²) in [6.45, 7) is 9.93. The van der Waals surface area contributed by atoms with Crippen molar-refractivity contribution in [2.24, 2.45) is 0 Å². The van der Waals surface area contributed by atoms with Crippen LogP contribution < -0.4 is 5.32 Å². The molecule has 0 saturated carbocycles. The summed E-state index contributed by atoms with van der Waals surface area (Å²) in [7, 11) is -0.691. The fourth-order valence-corrected chi connectivity index (χ4v) is 4.05. The van der Waals surface area contributed by atoms with Crippen molar-refractivity contribution in [3.8, 4) is 0 Å². The molecular weight excluding hydrogens is 429 g/mol. The molecule has 0 unspecified atom stereocenters. The fraction of sp³-hybridized carbons (Fsp3) is 0.391. The summed E-state index contributed by atoms with van der Waals surface area (Å²) in [6.07, 6.45) is 1.26. The highest BCUT2D eigenvalue weighted by Gasteiger charge is 2.52. The first kappa shape index (κ1) is 24.0. The van der Waals surface area contributed by atoms with Gasteiger partial charge in [-0.05, 0) is 63.4 Å². The first-order valence-corrected chi connectivity index (χ1v) is 11.1. The van der Waals surface area contributed by atoms with Crippen LogP contribution in [0.4, 0.5) is 4.79 Å². The largest absolute Gasteiger partial charge is 0.492 e. The number of alkyl carbamates (subject to hydrolysis) is 1. The second kappa shape index (κ2) is 9.48. The lowest BCUT2D eigenvalue weighted by Crippen LogP contribution is -2.41. The van der Waals surface area contributed by atoms with Crippen molar-refractivity contribution < 1.29 is 28.7 Å². The molecule has 0 atom stereocenters. The van der Waals surface area contributed by atoms with Crippen LogP contribution >= 0.6 is 11.3 Å². The third-order valence-electron chi connectivity index (χ3n) is 5.69. The zero-order valence-corrected chi connectivity index (χ0v) is 19.7. The Morgan fingerprint density at radius 2 is 1.78 bits per heavy atom. The van der Waals surface area contributed by atoms with Crippen molar-refractivity contribution in [1.82, 2.24) is 5.32 Å². The fourth-order valence-electron chi connectivity index (χ4n) is 3.06. The summed E-state index contributed by atoms with van der Waals surface area (Å²) in [5.41, 5.74) is 1.28. The average Bonchev–Trinajstić information content (AvgIpc) is 3.19. The highest BCUT2D eigenvalue weighted by Crippen LogP contribution is 2.39. The standard InChI is InChI=1S/C23H28BNO6S/c1-15-11-19(20(26)27)32-18(15)12-17(24-30-22(2,3)23(4,5)31-24)13-25-21(28)29-14-16-9-7-6-8-10-16/h6-12H,13-14H2,1-5H3,(H,25,28)(H,26,27). The van der Waals surface area contributed by atoms with Crippen molar-refractivity contribution in [3.05, 3.63) is 62.8 Å². The number of hydrogen-bond acceptors (Lipinski definition) is 6. The predicted octanol–water partition coefficient (Wildman–Crippen LogP) is 4.70. The minimum atomic E-state index is -0.974. The SMILES string of the molecule is Cc1cc(C(=O)O)sc1C=C(CNC(=O)OCc1ccccc1)B1OC(C)(C)C(C)(C)O1. The summed E-state index contributed by atoms with van der Waals surface area (Å²) in [5, 5.41) is 12.1.